The Bertz CT molecular complexity index is 3840. The maximum absolute atomic E-state index is 13.0. The Kier molecular flexibility index (Phi) is 20.0. The molecule has 2 aliphatic heterocycles. The molecule has 2 amide bonds. The lowest BCUT2D eigenvalue weighted by molar-refractivity contribution is -0.164. The number of amides is 2. The number of nitrogens with two attached hydrogens (primary N) is 1. The van der Waals surface area contributed by atoms with Gasteiger partial charge in [-0.15, -0.1) is 0 Å². The fourth-order valence-corrected chi connectivity index (χ4v) is 12.4. The number of carbonyl (C=O) groups excluding carboxylic acids is 4. The average molecular weight is 1260 g/mol. The molecule has 0 saturated heterocycles. The van der Waals surface area contributed by atoms with Gasteiger partial charge in [0.15, 0.2) is 29.5 Å². The quantitative estimate of drug-likeness (QED) is 0.0435. The van der Waals surface area contributed by atoms with E-state index in [0.29, 0.717) is 81.9 Å². The number of aryl methyl sites for hydroxylation is 3. The molecule has 17 heteroatoms. The molecule has 4 aliphatic rings. The normalized spacial score (nSPS) is 16.2. The van der Waals surface area contributed by atoms with E-state index in [9.17, 15) is 34.2 Å². The number of phenols is 1. The highest BCUT2D eigenvalue weighted by molar-refractivity contribution is 6.05. The number of nitrogens with one attached hydrogen (secondary N) is 2. The van der Waals surface area contributed by atoms with E-state index in [1.54, 1.807) is 13.8 Å². The summed E-state index contributed by atoms with van der Waals surface area (Å²) >= 11 is 0. The van der Waals surface area contributed by atoms with Crippen molar-refractivity contribution in [1.29, 1.82) is 0 Å². The van der Waals surface area contributed by atoms with Crippen molar-refractivity contribution in [3.8, 4) is 50.6 Å². The van der Waals surface area contributed by atoms with Crippen molar-refractivity contribution in [1.82, 2.24) is 0 Å². The second-order valence-electron chi connectivity index (χ2n) is 27.9. The first-order valence-electron chi connectivity index (χ1n) is 31.5. The van der Waals surface area contributed by atoms with Crippen LogP contribution in [-0.2, 0) is 47.7 Å². The molecule has 6 N–H and O–H groups in total. The highest BCUT2D eigenvalue weighted by Gasteiger charge is 2.53. The van der Waals surface area contributed by atoms with Gasteiger partial charge in [-0.1, -0.05) is 89.5 Å². The molecule has 492 valence electrons. The van der Waals surface area contributed by atoms with Crippen LogP contribution in [-0.4, -0.2) is 82.2 Å². The Morgan fingerprint density at radius 1 is 0.478 bits per heavy atom. The minimum absolute atomic E-state index is 0.0196. The van der Waals surface area contributed by atoms with E-state index < -0.39 is 64.2 Å². The summed E-state index contributed by atoms with van der Waals surface area (Å²) in [6.07, 6.45) is 1.56. The van der Waals surface area contributed by atoms with Crippen LogP contribution < -0.4 is 25.8 Å². The van der Waals surface area contributed by atoms with Crippen molar-refractivity contribution in [3.05, 3.63) is 140 Å². The highest BCUT2D eigenvalue weighted by atomic mass is 16.6. The Morgan fingerprint density at radius 2 is 0.772 bits per heavy atom. The number of methoxy groups -OCH3 is 2. The van der Waals surface area contributed by atoms with E-state index >= 15 is 0 Å². The van der Waals surface area contributed by atoms with Gasteiger partial charge < -0.3 is 59.7 Å². The molecule has 6 aromatic rings. The van der Waals surface area contributed by atoms with E-state index in [0.717, 1.165) is 79.6 Å². The molecule has 17 nitrogen and oxygen atoms in total. The number of carboxylic acids is 1. The number of carboxylic acid groups (broad SMARTS) is 1. The first-order chi connectivity index (χ1) is 42.9. The van der Waals surface area contributed by atoms with Crippen LogP contribution in [0, 0.1) is 62.3 Å². The molecule has 10 rings (SSSR count). The van der Waals surface area contributed by atoms with E-state index in [1.807, 2.05) is 184 Å². The lowest BCUT2D eigenvalue weighted by Gasteiger charge is -2.45. The fourth-order valence-electron chi connectivity index (χ4n) is 12.4. The van der Waals surface area contributed by atoms with Crippen LogP contribution in [0.4, 0.5) is 17.1 Å². The minimum Gasteiger partial charge on any atom is -0.505 e. The van der Waals surface area contributed by atoms with Gasteiger partial charge in [-0.25, -0.2) is 14.4 Å². The van der Waals surface area contributed by atoms with Gasteiger partial charge in [0, 0.05) is 33.4 Å². The number of fused-ring (bicyclic) bond motifs is 2. The summed E-state index contributed by atoms with van der Waals surface area (Å²) in [5, 5.41) is 26.8. The average Bonchev–Trinajstić information content (AvgIpc) is 0.734. The summed E-state index contributed by atoms with van der Waals surface area (Å²) in [6, 6.07) is 24.0. The zero-order chi connectivity index (χ0) is 68.1. The summed E-state index contributed by atoms with van der Waals surface area (Å²) in [4.78, 5) is 63.9. The zero-order valence-corrected chi connectivity index (χ0v) is 57.3. The SMILES string of the molecule is COC(=O)[C@@H](OC(C)(C)C)c1c(C)c(N)c(O)c(C)c1-c1ccc(C)cc1.COC(=O)[C@@H](OC(C)(C)C)c1c(C)c2c(c(C)c1-c1ccc(C)cc1)OC1(CCC1)C(=O)N2.Cc1ccc(-c2c(C)c3c(c(C)c2[C@H](OC(C)(C)C)C(=O)O)NC(=O)C2(CCC2)O3)cc1. The van der Waals surface area contributed by atoms with E-state index in [1.165, 1.54) is 14.2 Å². The van der Waals surface area contributed by atoms with Crippen molar-refractivity contribution < 1.29 is 67.3 Å². The summed E-state index contributed by atoms with van der Waals surface area (Å²) < 4.78 is 41.3. The van der Waals surface area contributed by atoms with Gasteiger partial charge in [0.05, 0.1) is 48.1 Å². The third-order valence-corrected chi connectivity index (χ3v) is 17.5. The number of ether oxygens (including phenoxy) is 7. The number of nitrogen functional groups attached to an aromatic ring is 1. The summed E-state index contributed by atoms with van der Waals surface area (Å²) in [6.45, 7) is 34.1. The van der Waals surface area contributed by atoms with Crippen LogP contribution in [0.25, 0.3) is 33.4 Å². The minimum atomic E-state index is -1.20. The molecular formula is C75H93N3O14. The fraction of sp³-hybridized carbons (Fsp3) is 0.453. The van der Waals surface area contributed by atoms with E-state index in [2.05, 4.69) is 10.6 Å². The second kappa shape index (κ2) is 26.4. The van der Waals surface area contributed by atoms with Gasteiger partial charge in [-0.05, 0) is 213 Å². The van der Waals surface area contributed by atoms with Crippen LogP contribution >= 0.6 is 0 Å². The monoisotopic (exact) mass is 1260 g/mol. The predicted molar refractivity (Wildman–Crippen MR) is 358 cm³/mol. The van der Waals surface area contributed by atoms with E-state index in [-0.39, 0.29) is 23.3 Å². The number of phenolic OH excluding ortho intramolecular Hbond substituents is 1. The third-order valence-electron chi connectivity index (χ3n) is 17.5. The summed E-state index contributed by atoms with van der Waals surface area (Å²) in [7, 11) is 2.69. The topological polar surface area (TPSA) is 240 Å². The molecule has 2 heterocycles. The first-order valence-corrected chi connectivity index (χ1v) is 31.5. The first kappa shape index (κ1) is 69.6. The van der Waals surface area contributed by atoms with Crippen molar-refractivity contribution in [3.63, 3.8) is 0 Å². The van der Waals surface area contributed by atoms with E-state index in [4.69, 9.17) is 38.9 Å². The Morgan fingerprint density at radius 3 is 1.05 bits per heavy atom. The van der Waals surface area contributed by atoms with Gasteiger partial charge in [0.1, 0.15) is 17.2 Å². The summed E-state index contributed by atoms with van der Waals surface area (Å²) in [5.41, 5.74) is 18.6. The third kappa shape index (κ3) is 14.1. The number of benzene rings is 6. The zero-order valence-electron chi connectivity index (χ0n) is 57.3. The molecule has 2 spiro atoms. The number of carbonyl (C=O) groups is 5. The van der Waals surface area contributed by atoms with Crippen LogP contribution in [0.15, 0.2) is 72.8 Å². The molecular weight excluding hydrogens is 1170 g/mol. The van der Waals surface area contributed by atoms with Crippen LogP contribution in [0.3, 0.4) is 0 Å². The molecule has 92 heavy (non-hydrogen) atoms. The lowest BCUT2D eigenvalue weighted by atomic mass is 9.77. The van der Waals surface area contributed by atoms with Crippen LogP contribution in [0.1, 0.15) is 186 Å². The van der Waals surface area contributed by atoms with Crippen LogP contribution in [0.5, 0.6) is 17.2 Å². The van der Waals surface area contributed by atoms with Crippen LogP contribution in [0.2, 0.25) is 0 Å². The number of hydrogen-bond donors (Lipinski definition) is 5. The number of aromatic hydroxyl groups is 1. The molecule has 0 unspecified atom stereocenters. The largest absolute Gasteiger partial charge is 0.505 e. The second-order valence-corrected chi connectivity index (χ2v) is 27.9. The smallest absolute Gasteiger partial charge is 0.339 e. The molecule has 0 aromatic heterocycles. The van der Waals surface area contributed by atoms with Crippen molar-refractivity contribution >= 4 is 46.8 Å². The summed E-state index contributed by atoms with van der Waals surface area (Å²) in [5.74, 6) is -1.03. The van der Waals surface area contributed by atoms with Gasteiger partial charge in [-0.2, -0.15) is 0 Å². The van der Waals surface area contributed by atoms with Gasteiger partial charge in [-0.3, -0.25) is 9.59 Å². The lowest BCUT2D eigenvalue weighted by Crippen LogP contribution is -2.56. The Labute approximate surface area is 542 Å². The maximum atomic E-state index is 13.0. The predicted octanol–water partition coefficient (Wildman–Crippen LogP) is 15.6. The van der Waals surface area contributed by atoms with Crippen molar-refractivity contribution in [2.75, 3.05) is 30.6 Å². The van der Waals surface area contributed by atoms with Crippen molar-refractivity contribution in [2.45, 2.75) is 209 Å². The standard InChI is InChI=1S/C27H33NO5.C26H31NO5.C22H29NO4/c1-15-9-11-18(12-10-15)19-17(3)22-21(28-25(30)27(33-22)13-8-14-27)16(2)20(19)23(24(29)31-7)32-26(4,5)6;1-14-8-10-17(11-9-14)18-16(3)21-20(27-24(30)26(32-21)12-7-13-26)15(2)19(18)22(23(28)29)31-25(4,5)6;1-12-8-10-15(11-9-12)16-14(3)19(24)18(23)13(2)17(16)20(21(25)26-7)27-22(4,5)6/h9-12,23H,8,13-14H2,1-7H3,(H,28,30);8-11,22H,7,12-13H2,1-6H3,(H,27,30)(H,28,29);8-11,20,24H,23H2,1-7H3/t23-;22-;20-/m000/s1. The molecule has 0 radical (unpaired) electrons. The Hall–Kier alpha value is -8.25. The van der Waals surface area contributed by atoms with Gasteiger partial charge in [0.25, 0.3) is 11.8 Å². The Balaban J connectivity index is 0.000000179. The molecule has 6 aromatic carbocycles. The molecule has 3 atom stereocenters. The molecule has 2 aliphatic carbocycles. The number of aliphatic carboxylic acids is 1. The molecule has 2 fully saturated rings. The van der Waals surface area contributed by atoms with Gasteiger partial charge >= 0.3 is 17.9 Å². The van der Waals surface area contributed by atoms with Gasteiger partial charge in [0.2, 0.25) is 0 Å². The number of rotatable bonds is 12. The molecule has 2 saturated carbocycles. The highest BCUT2D eigenvalue weighted by Crippen LogP contribution is 2.55. The number of esters is 2. The maximum Gasteiger partial charge on any atom is 0.339 e. The van der Waals surface area contributed by atoms with Crippen molar-refractivity contribution in [2.24, 2.45) is 0 Å². The number of anilines is 3. The number of hydrogen-bond acceptors (Lipinski definition) is 14. The molecule has 0 bridgehead atoms.